The van der Waals surface area contributed by atoms with Crippen LogP contribution in [0.1, 0.15) is 18.4 Å². The number of carbonyl (C=O) groups excluding carboxylic acids is 1. The van der Waals surface area contributed by atoms with Crippen molar-refractivity contribution in [1.29, 1.82) is 0 Å². The summed E-state index contributed by atoms with van der Waals surface area (Å²) in [5.41, 5.74) is -0.0159. The molecule has 1 aliphatic heterocycles. The molecule has 1 fully saturated rings. The summed E-state index contributed by atoms with van der Waals surface area (Å²) in [6, 6.07) is 5.12. The van der Waals surface area contributed by atoms with Crippen LogP contribution in [0, 0.1) is 11.6 Å². The van der Waals surface area contributed by atoms with Gasteiger partial charge in [0.05, 0.1) is 0 Å². The highest BCUT2D eigenvalue weighted by molar-refractivity contribution is 5.74. The molecule has 0 aliphatic carbocycles. The van der Waals surface area contributed by atoms with Crippen LogP contribution in [0.4, 0.5) is 19.5 Å². The van der Waals surface area contributed by atoms with Gasteiger partial charge in [0.25, 0.3) is 0 Å². The molecular weight excluding hydrogens is 340 g/mol. The van der Waals surface area contributed by atoms with Gasteiger partial charge in [0.15, 0.2) is 0 Å². The van der Waals surface area contributed by atoms with Gasteiger partial charge in [-0.25, -0.2) is 23.5 Å². The molecule has 6 nitrogen and oxygen atoms in total. The van der Waals surface area contributed by atoms with E-state index in [9.17, 15) is 13.6 Å². The minimum atomic E-state index is -0.599. The Bertz CT molecular complexity index is 723. The average molecular weight is 361 g/mol. The molecule has 2 amide bonds. The molecule has 26 heavy (non-hydrogen) atoms. The van der Waals surface area contributed by atoms with Crippen LogP contribution >= 0.6 is 0 Å². The summed E-state index contributed by atoms with van der Waals surface area (Å²) < 4.78 is 27.1. The van der Waals surface area contributed by atoms with Gasteiger partial charge in [-0.2, -0.15) is 0 Å². The maximum absolute atomic E-state index is 13.6. The van der Waals surface area contributed by atoms with Gasteiger partial charge in [-0.3, -0.25) is 0 Å². The predicted molar refractivity (Wildman–Crippen MR) is 93.9 cm³/mol. The number of piperidine rings is 1. The normalized spacial score (nSPS) is 17.0. The lowest BCUT2D eigenvalue weighted by molar-refractivity contribution is 0.235. The lowest BCUT2D eigenvalue weighted by Crippen LogP contribution is -2.51. The van der Waals surface area contributed by atoms with Crippen LogP contribution < -0.4 is 15.5 Å². The van der Waals surface area contributed by atoms with E-state index in [1.807, 2.05) is 4.90 Å². The van der Waals surface area contributed by atoms with Crippen molar-refractivity contribution in [3.63, 3.8) is 0 Å². The number of hydrogen-bond acceptors (Lipinski definition) is 4. The number of rotatable bonds is 5. The van der Waals surface area contributed by atoms with Crippen LogP contribution in [0.15, 0.2) is 36.7 Å². The van der Waals surface area contributed by atoms with Crippen molar-refractivity contribution in [2.45, 2.75) is 25.3 Å². The molecule has 2 aromatic rings. The Labute approximate surface area is 150 Å². The van der Waals surface area contributed by atoms with E-state index in [2.05, 4.69) is 20.6 Å². The molecule has 8 heteroatoms. The van der Waals surface area contributed by atoms with E-state index in [0.29, 0.717) is 12.5 Å². The maximum Gasteiger partial charge on any atom is 0.315 e. The minimum absolute atomic E-state index is 0.0159. The molecule has 138 valence electrons. The van der Waals surface area contributed by atoms with Crippen LogP contribution in [-0.4, -0.2) is 41.7 Å². The maximum atomic E-state index is 13.6. The summed E-state index contributed by atoms with van der Waals surface area (Å²) in [5, 5.41) is 5.55. The second kappa shape index (κ2) is 8.55. The number of benzene rings is 1. The Morgan fingerprint density at radius 1 is 1.19 bits per heavy atom. The van der Waals surface area contributed by atoms with Crippen molar-refractivity contribution in [3.05, 3.63) is 53.9 Å². The molecule has 0 saturated carbocycles. The van der Waals surface area contributed by atoms with E-state index >= 15 is 0 Å². The molecule has 0 spiro atoms. The molecule has 1 atom stereocenters. The molecule has 0 bridgehead atoms. The molecule has 1 aliphatic rings. The van der Waals surface area contributed by atoms with Crippen LogP contribution in [0.2, 0.25) is 0 Å². The third-order valence-corrected chi connectivity index (χ3v) is 4.31. The average Bonchev–Trinajstić information content (AvgIpc) is 2.65. The number of carbonyl (C=O) groups is 1. The third-order valence-electron chi connectivity index (χ3n) is 4.31. The topological polar surface area (TPSA) is 70.2 Å². The van der Waals surface area contributed by atoms with Gasteiger partial charge in [-0.15, -0.1) is 0 Å². The SMILES string of the molecule is O=C(NCCc1c(F)cccc1F)NC1CCCN(c2ncccn2)C1. The molecule has 2 N–H and O–H groups in total. The van der Waals surface area contributed by atoms with Gasteiger partial charge in [0, 0.05) is 43.6 Å². The largest absolute Gasteiger partial charge is 0.339 e. The zero-order valence-electron chi connectivity index (χ0n) is 14.3. The van der Waals surface area contributed by atoms with Crippen LogP contribution in [0.3, 0.4) is 0 Å². The number of nitrogens with one attached hydrogen (secondary N) is 2. The number of aromatic nitrogens is 2. The number of hydrogen-bond donors (Lipinski definition) is 2. The minimum Gasteiger partial charge on any atom is -0.339 e. The first kappa shape index (κ1) is 18.0. The summed E-state index contributed by atoms with van der Waals surface area (Å²) in [6.07, 6.45) is 5.25. The molecule has 3 rings (SSSR count). The lowest BCUT2D eigenvalue weighted by atomic mass is 10.1. The van der Waals surface area contributed by atoms with Crippen LogP contribution in [0.5, 0.6) is 0 Å². The number of anilines is 1. The van der Waals surface area contributed by atoms with Crippen LogP contribution in [-0.2, 0) is 6.42 Å². The summed E-state index contributed by atoms with van der Waals surface area (Å²) in [6.45, 7) is 1.62. The molecule has 1 aromatic carbocycles. The van der Waals surface area contributed by atoms with E-state index in [4.69, 9.17) is 0 Å². The van der Waals surface area contributed by atoms with Gasteiger partial charge in [0.1, 0.15) is 11.6 Å². The van der Waals surface area contributed by atoms with E-state index in [1.165, 1.54) is 18.2 Å². The van der Waals surface area contributed by atoms with Crippen LogP contribution in [0.25, 0.3) is 0 Å². The highest BCUT2D eigenvalue weighted by Gasteiger charge is 2.22. The molecule has 1 saturated heterocycles. The van der Waals surface area contributed by atoms with Gasteiger partial charge in [0.2, 0.25) is 5.95 Å². The van der Waals surface area contributed by atoms with Crippen molar-refractivity contribution < 1.29 is 13.6 Å². The molecule has 1 unspecified atom stereocenters. The molecule has 1 aromatic heterocycles. The van der Waals surface area contributed by atoms with Gasteiger partial charge < -0.3 is 15.5 Å². The van der Waals surface area contributed by atoms with Crippen molar-refractivity contribution in [3.8, 4) is 0 Å². The van der Waals surface area contributed by atoms with E-state index < -0.39 is 11.6 Å². The van der Waals surface area contributed by atoms with Gasteiger partial charge in [-0.05, 0) is 37.5 Å². The van der Waals surface area contributed by atoms with Crippen molar-refractivity contribution in [2.24, 2.45) is 0 Å². The predicted octanol–water partition coefficient (Wildman–Crippen LogP) is 2.27. The smallest absolute Gasteiger partial charge is 0.315 e. The standard InChI is InChI=1S/C18H21F2N5O/c19-15-5-1-6-16(20)14(15)7-10-23-18(26)24-13-4-2-11-25(12-13)17-21-8-3-9-22-17/h1,3,5-6,8-9,13H,2,4,7,10-12H2,(H2,23,24,26). The Hall–Kier alpha value is -2.77. The first-order valence-corrected chi connectivity index (χ1v) is 8.62. The Kier molecular flexibility index (Phi) is 5.93. The Balaban J connectivity index is 1.46. The second-order valence-corrected chi connectivity index (χ2v) is 6.18. The quantitative estimate of drug-likeness (QED) is 0.857. The highest BCUT2D eigenvalue weighted by Crippen LogP contribution is 2.15. The summed E-state index contributed by atoms with van der Waals surface area (Å²) in [4.78, 5) is 22.5. The number of urea groups is 1. The van der Waals surface area contributed by atoms with E-state index in [1.54, 1.807) is 18.5 Å². The van der Waals surface area contributed by atoms with Crippen molar-refractivity contribution in [2.75, 3.05) is 24.5 Å². The summed E-state index contributed by atoms with van der Waals surface area (Å²) in [5.74, 6) is -0.551. The fraction of sp³-hybridized carbons (Fsp3) is 0.389. The first-order chi connectivity index (χ1) is 12.6. The van der Waals surface area contributed by atoms with Crippen molar-refractivity contribution >= 4 is 12.0 Å². The van der Waals surface area contributed by atoms with Gasteiger partial charge >= 0.3 is 6.03 Å². The Morgan fingerprint density at radius 2 is 1.92 bits per heavy atom. The number of halogens is 2. The first-order valence-electron chi connectivity index (χ1n) is 8.62. The summed E-state index contributed by atoms with van der Waals surface area (Å²) >= 11 is 0. The molecular formula is C18H21F2N5O. The fourth-order valence-electron chi connectivity index (χ4n) is 3.04. The highest BCUT2D eigenvalue weighted by atomic mass is 19.1. The molecule has 0 radical (unpaired) electrons. The lowest BCUT2D eigenvalue weighted by Gasteiger charge is -2.33. The van der Waals surface area contributed by atoms with E-state index in [-0.39, 0.29) is 30.6 Å². The second-order valence-electron chi connectivity index (χ2n) is 6.18. The van der Waals surface area contributed by atoms with Crippen molar-refractivity contribution in [1.82, 2.24) is 20.6 Å². The third kappa shape index (κ3) is 4.65. The monoisotopic (exact) mass is 361 g/mol. The summed E-state index contributed by atoms with van der Waals surface area (Å²) in [7, 11) is 0. The zero-order valence-corrected chi connectivity index (χ0v) is 14.3. The van der Waals surface area contributed by atoms with Gasteiger partial charge in [-0.1, -0.05) is 6.07 Å². The number of amides is 2. The Morgan fingerprint density at radius 3 is 2.65 bits per heavy atom. The van der Waals surface area contributed by atoms with E-state index in [0.717, 1.165) is 19.4 Å². The zero-order chi connectivity index (χ0) is 18.4. The fourth-order valence-corrected chi connectivity index (χ4v) is 3.04. The number of nitrogens with zero attached hydrogens (tertiary/aromatic N) is 3. The molecule has 2 heterocycles.